The van der Waals surface area contributed by atoms with Gasteiger partial charge in [0.25, 0.3) is 0 Å². The molecule has 0 saturated carbocycles. The van der Waals surface area contributed by atoms with Crippen LogP contribution in [0.3, 0.4) is 0 Å². The number of benzene rings is 2. The number of aryl methyl sites for hydroxylation is 1. The van der Waals surface area contributed by atoms with E-state index in [-0.39, 0.29) is 35.6 Å². The minimum absolute atomic E-state index is 0.0864. The highest BCUT2D eigenvalue weighted by molar-refractivity contribution is 7.99. The first-order valence-corrected chi connectivity index (χ1v) is 14.2. The maximum absolute atomic E-state index is 13.8. The van der Waals surface area contributed by atoms with Crippen LogP contribution in [-0.4, -0.2) is 70.5 Å². The fourth-order valence-corrected chi connectivity index (χ4v) is 7.19. The molecule has 2 aliphatic heterocycles. The molecule has 2 N–H and O–H groups in total. The summed E-state index contributed by atoms with van der Waals surface area (Å²) in [6.07, 6.45) is 1.13. The Balaban J connectivity index is 1.70. The number of ether oxygens (including phenoxy) is 1. The maximum atomic E-state index is 13.8. The van der Waals surface area contributed by atoms with Crippen LogP contribution in [0.5, 0.6) is 0 Å². The minimum Gasteiger partial charge on any atom is -0.374 e. The quantitative estimate of drug-likeness (QED) is 0.468. The molecule has 0 radical (unpaired) electrons. The molecule has 3 atom stereocenters. The Morgan fingerprint density at radius 2 is 1.92 bits per heavy atom. The molecule has 3 heterocycles. The lowest BCUT2D eigenvalue weighted by molar-refractivity contribution is -0.130. The monoisotopic (exact) mass is 551 g/mol. The van der Waals surface area contributed by atoms with Crippen LogP contribution >= 0.6 is 11.8 Å². The zero-order chi connectivity index (χ0) is 27.8. The second-order valence-electron chi connectivity index (χ2n) is 10.3. The number of hydrogen-bond acceptors (Lipinski definition) is 7. The SMILES string of the molecule is C=CC(=O)N1[C@H](C)CN(c2nc(=O)n3c4c(c(-c5ccc(F)cc5)c(C)cc24)SCC(OCCN)C3)C[C@@H]1C. The molecule has 0 spiro atoms. The summed E-state index contributed by atoms with van der Waals surface area (Å²) in [7, 11) is 0. The van der Waals surface area contributed by atoms with E-state index in [1.807, 2.05) is 25.7 Å². The Labute approximate surface area is 231 Å². The summed E-state index contributed by atoms with van der Waals surface area (Å²) in [4.78, 5) is 35.7. The third kappa shape index (κ3) is 5.08. The number of thioether (sulfide) groups is 1. The second kappa shape index (κ2) is 11.1. The average Bonchev–Trinajstić information content (AvgIpc) is 3.10. The average molecular weight is 552 g/mol. The van der Waals surface area contributed by atoms with Crippen molar-refractivity contribution >= 4 is 34.4 Å². The summed E-state index contributed by atoms with van der Waals surface area (Å²) >= 11 is 1.64. The van der Waals surface area contributed by atoms with Gasteiger partial charge in [0.2, 0.25) is 5.91 Å². The molecule has 1 saturated heterocycles. The third-order valence-corrected chi connectivity index (χ3v) is 8.67. The Kier molecular flexibility index (Phi) is 7.80. The lowest BCUT2D eigenvalue weighted by Crippen LogP contribution is -2.58. The van der Waals surface area contributed by atoms with Gasteiger partial charge in [0.15, 0.2) is 0 Å². The van der Waals surface area contributed by atoms with Crippen LogP contribution in [0.4, 0.5) is 10.2 Å². The van der Waals surface area contributed by atoms with E-state index in [0.29, 0.717) is 44.4 Å². The molecule has 1 amide bonds. The highest BCUT2D eigenvalue weighted by Gasteiger charge is 2.34. The largest absolute Gasteiger partial charge is 0.374 e. The predicted molar refractivity (Wildman–Crippen MR) is 154 cm³/mol. The fraction of sp³-hybridized carbons (Fsp3) is 0.414. The van der Waals surface area contributed by atoms with Crippen molar-refractivity contribution in [1.82, 2.24) is 14.5 Å². The van der Waals surface area contributed by atoms with Crippen LogP contribution in [0, 0.1) is 12.7 Å². The minimum atomic E-state index is -0.346. The van der Waals surface area contributed by atoms with Gasteiger partial charge in [-0.1, -0.05) is 18.7 Å². The number of anilines is 1. The van der Waals surface area contributed by atoms with Gasteiger partial charge in [0.1, 0.15) is 11.6 Å². The molecule has 0 bridgehead atoms. The van der Waals surface area contributed by atoms with Crippen molar-refractivity contribution in [2.24, 2.45) is 5.73 Å². The number of amides is 1. The lowest BCUT2D eigenvalue weighted by atomic mass is 9.97. The highest BCUT2D eigenvalue weighted by Crippen LogP contribution is 2.43. The van der Waals surface area contributed by atoms with Gasteiger partial charge < -0.3 is 20.3 Å². The van der Waals surface area contributed by atoms with Crippen molar-refractivity contribution in [3.05, 3.63) is 64.9 Å². The number of carbonyl (C=O) groups is 1. The van der Waals surface area contributed by atoms with Crippen LogP contribution in [0.1, 0.15) is 19.4 Å². The molecule has 39 heavy (non-hydrogen) atoms. The number of carbonyl (C=O) groups excluding carboxylic acids is 1. The first-order valence-electron chi connectivity index (χ1n) is 13.2. The molecule has 2 aliphatic rings. The number of hydrogen-bond donors (Lipinski definition) is 1. The van der Waals surface area contributed by atoms with E-state index in [1.165, 1.54) is 18.2 Å². The van der Waals surface area contributed by atoms with Gasteiger partial charge in [0, 0.05) is 53.3 Å². The summed E-state index contributed by atoms with van der Waals surface area (Å²) in [5, 5.41) is 0.878. The van der Waals surface area contributed by atoms with Crippen molar-refractivity contribution in [3.8, 4) is 11.1 Å². The van der Waals surface area contributed by atoms with Crippen LogP contribution in [0.2, 0.25) is 0 Å². The smallest absolute Gasteiger partial charge is 0.350 e. The van der Waals surface area contributed by atoms with E-state index in [2.05, 4.69) is 22.5 Å². The zero-order valence-corrected chi connectivity index (χ0v) is 23.3. The van der Waals surface area contributed by atoms with E-state index < -0.39 is 0 Å². The number of nitrogens with zero attached hydrogens (tertiary/aromatic N) is 4. The summed E-state index contributed by atoms with van der Waals surface area (Å²) in [6, 6.07) is 8.37. The molecular weight excluding hydrogens is 517 g/mol. The molecule has 1 unspecified atom stereocenters. The van der Waals surface area contributed by atoms with Gasteiger partial charge in [-0.2, -0.15) is 4.98 Å². The Morgan fingerprint density at radius 3 is 2.56 bits per heavy atom. The number of piperazine rings is 1. The first kappa shape index (κ1) is 27.4. The molecule has 1 aromatic heterocycles. The van der Waals surface area contributed by atoms with Crippen LogP contribution in [-0.2, 0) is 16.1 Å². The zero-order valence-electron chi connectivity index (χ0n) is 22.5. The molecule has 3 aromatic rings. The van der Waals surface area contributed by atoms with Gasteiger partial charge >= 0.3 is 5.69 Å². The number of nitrogens with two attached hydrogens (primary N) is 1. The number of rotatable bonds is 6. The van der Waals surface area contributed by atoms with Crippen molar-refractivity contribution < 1.29 is 13.9 Å². The topological polar surface area (TPSA) is 93.7 Å². The van der Waals surface area contributed by atoms with Gasteiger partial charge in [0.05, 0.1) is 24.8 Å². The third-order valence-electron chi connectivity index (χ3n) is 7.45. The van der Waals surface area contributed by atoms with Crippen molar-refractivity contribution in [2.45, 2.75) is 50.4 Å². The summed E-state index contributed by atoms with van der Waals surface area (Å²) in [6.45, 7) is 11.9. The molecule has 5 rings (SSSR count). The van der Waals surface area contributed by atoms with E-state index in [0.717, 1.165) is 32.5 Å². The molecule has 206 valence electrons. The van der Waals surface area contributed by atoms with E-state index >= 15 is 0 Å². The van der Waals surface area contributed by atoms with E-state index in [9.17, 15) is 14.0 Å². The molecule has 0 aliphatic carbocycles. The summed E-state index contributed by atoms with van der Waals surface area (Å²) in [5.74, 6) is 0.856. The maximum Gasteiger partial charge on any atom is 0.350 e. The Hall–Kier alpha value is -3.21. The van der Waals surface area contributed by atoms with Gasteiger partial charge in [-0.25, -0.2) is 9.18 Å². The van der Waals surface area contributed by atoms with Gasteiger partial charge in [-0.3, -0.25) is 9.36 Å². The van der Waals surface area contributed by atoms with E-state index in [1.54, 1.807) is 28.5 Å². The predicted octanol–water partition coefficient (Wildman–Crippen LogP) is 3.57. The fourth-order valence-electron chi connectivity index (χ4n) is 5.85. The highest BCUT2D eigenvalue weighted by atomic mass is 32.2. The van der Waals surface area contributed by atoms with E-state index in [4.69, 9.17) is 10.5 Å². The van der Waals surface area contributed by atoms with Gasteiger partial charge in [-0.15, -0.1) is 11.8 Å². The Morgan fingerprint density at radius 1 is 1.23 bits per heavy atom. The number of aromatic nitrogens is 2. The van der Waals surface area contributed by atoms with Crippen molar-refractivity contribution in [2.75, 3.05) is 36.9 Å². The van der Waals surface area contributed by atoms with Gasteiger partial charge in [-0.05, 0) is 56.2 Å². The summed E-state index contributed by atoms with van der Waals surface area (Å²) in [5.41, 5.74) is 9.02. The molecule has 2 aromatic carbocycles. The van der Waals surface area contributed by atoms with Crippen LogP contribution in [0.25, 0.3) is 22.0 Å². The summed E-state index contributed by atoms with van der Waals surface area (Å²) < 4.78 is 21.5. The molecular formula is C29H34FN5O3S. The van der Waals surface area contributed by atoms with Crippen molar-refractivity contribution in [1.29, 1.82) is 0 Å². The number of halogens is 1. The molecule has 1 fully saturated rings. The standard InChI is InChI=1S/C29H34FN5O3S/c1-5-24(36)35-18(3)13-33(14-19(35)4)28-23-12-17(2)25(20-6-8-21(30)9-7-20)27-26(23)34(29(37)32-28)15-22(16-39-27)38-11-10-31/h5-9,12,18-19,22H,1,10-11,13-16,31H2,2-4H3/t18-,19+,22?. The molecule has 10 heteroatoms. The van der Waals surface area contributed by atoms with Crippen LogP contribution in [0.15, 0.2) is 52.7 Å². The molecule has 8 nitrogen and oxygen atoms in total. The van der Waals surface area contributed by atoms with Crippen molar-refractivity contribution in [3.63, 3.8) is 0 Å². The Bertz CT molecular complexity index is 1460. The normalized spacial score (nSPS) is 21.2. The lowest BCUT2D eigenvalue weighted by Gasteiger charge is -2.44. The first-order chi connectivity index (χ1) is 18.7. The second-order valence-corrected chi connectivity index (χ2v) is 11.3. The van der Waals surface area contributed by atoms with Crippen LogP contribution < -0.4 is 16.3 Å².